The van der Waals surface area contributed by atoms with Crippen molar-refractivity contribution >= 4 is 42.9 Å². The molecule has 0 bridgehead atoms. The van der Waals surface area contributed by atoms with Gasteiger partial charge in [0.1, 0.15) is 13.6 Å². The molecule has 0 aromatic heterocycles. The number of benzene rings is 2. The molecule has 4 heterocycles. The summed E-state index contributed by atoms with van der Waals surface area (Å²) in [6.07, 6.45) is 4.37. The number of hydrogen-bond donors (Lipinski definition) is 4. The maximum Gasteiger partial charge on any atom is 0.410 e. The lowest BCUT2D eigenvalue weighted by molar-refractivity contribution is -0.142. The van der Waals surface area contributed by atoms with Crippen LogP contribution in [0.1, 0.15) is 49.7 Å². The first kappa shape index (κ1) is 35.5. The average Bonchev–Trinajstić information content (AvgIpc) is 3.31. The van der Waals surface area contributed by atoms with Gasteiger partial charge in [0.2, 0.25) is 0 Å². The van der Waals surface area contributed by atoms with Crippen LogP contribution in [0.3, 0.4) is 0 Å². The number of nitrogens with one attached hydrogen (secondary N) is 2. The van der Waals surface area contributed by atoms with Crippen LogP contribution >= 0.6 is 0 Å². The third-order valence-corrected chi connectivity index (χ3v) is 11.1. The molecule has 50 heavy (non-hydrogen) atoms. The fraction of sp³-hybridized carbons (Fsp3) is 0.556. The van der Waals surface area contributed by atoms with Gasteiger partial charge in [-0.3, -0.25) is 19.7 Å². The van der Waals surface area contributed by atoms with E-state index in [1.165, 1.54) is 0 Å². The summed E-state index contributed by atoms with van der Waals surface area (Å²) in [6.45, 7) is 4.44. The van der Waals surface area contributed by atoms with Crippen molar-refractivity contribution in [1.29, 1.82) is 0 Å². The second-order valence-electron chi connectivity index (χ2n) is 14.3. The highest BCUT2D eigenvalue weighted by molar-refractivity contribution is 6.34. The topological polar surface area (TPSA) is 155 Å². The summed E-state index contributed by atoms with van der Waals surface area (Å²) in [5.74, 6) is 0.570. The van der Waals surface area contributed by atoms with E-state index in [2.05, 4.69) is 10.2 Å². The largest absolute Gasteiger partial charge is 0.509 e. The zero-order valence-corrected chi connectivity index (χ0v) is 28.9. The summed E-state index contributed by atoms with van der Waals surface area (Å²) in [6, 6.07) is 12.9. The first-order valence-electron chi connectivity index (χ1n) is 18.0. The van der Waals surface area contributed by atoms with Crippen molar-refractivity contribution in [2.24, 2.45) is 11.8 Å². The highest BCUT2D eigenvalue weighted by atomic mass is 16.6. The van der Waals surface area contributed by atoms with Gasteiger partial charge in [-0.1, -0.05) is 30.3 Å². The molecular weight excluding hydrogens is 639 g/mol. The molecular formula is C36H49BN6O7. The molecule has 0 unspecified atom stereocenters. The molecule has 14 heteroatoms. The molecule has 0 radical (unpaired) electrons. The van der Waals surface area contributed by atoms with Gasteiger partial charge in [-0.15, -0.1) is 0 Å². The molecule has 13 nitrogen and oxygen atoms in total. The number of amides is 5. The van der Waals surface area contributed by atoms with Gasteiger partial charge >= 0.3 is 12.1 Å². The molecule has 4 aliphatic heterocycles. The van der Waals surface area contributed by atoms with E-state index in [1.807, 2.05) is 40.1 Å². The van der Waals surface area contributed by atoms with Gasteiger partial charge < -0.3 is 29.9 Å². The maximum atomic E-state index is 14.0. The summed E-state index contributed by atoms with van der Waals surface area (Å²) >= 11 is 0. The molecule has 3 fully saturated rings. The number of carbonyl (C=O) groups is 4. The van der Waals surface area contributed by atoms with Gasteiger partial charge in [0.05, 0.1) is 6.54 Å². The van der Waals surface area contributed by atoms with E-state index in [1.54, 1.807) is 30.4 Å². The van der Waals surface area contributed by atoms with Crippen LogP contribution < -0.4 is 16.3 Å². The van der Waals surface area contributed by atoms with Crippen LogP contribution in [-0.2, 0) is 27.2 Å². The zero-order valence-electron chi connectivity index (χ0n) is 28.9. The Kier molecular flexibility index (Phi) is 11.5. The Morgan fingerprint density at radius 3 is 2.24 bits per heavy atom. The minimum Gasteiger partial charge on any atom is -0.509 e. The second-order valence-corrected chi connectivity index (χ2v) is 14.3. The van der Waals surface area contributed by atoms with Gasteiger partial charge in [0, 0.05) is 50.9 Å². The molecule has 6 rings (SSSR count). The summed E-state index contributed by atoms with van der Waals surface area (Å²) < 4.78 is 6.02. The number of likely N-dealkylation sites (tertiary alicyclic amines) is 3. The summed E-state index contributed by atoms with van der Waals surface area (Å²) in [5, 5.41) is 21.9. The molecule has 4 N–H and O–H groups in total. The van der Waals surface area contributed by atoms with Crippen molar-refractivity contribution in [2.75, 3.05) is 57.7 Å². The van der Waals surface area contributed by atoms with E-state index in [9.17, 15) is 24.3 Å². The van der Waals surface area contributed by atoms with Crippen LogP contribution in [0.4, 0.5) is 15.3 Å². The lowest BCUT2D eigenvalue weighted by Crippen LogP contribution is -2.52. The van der Waals surface area contributed by atoms with E-state index in [0.29, 0.717) is 62.9 Å². The van der Waals surface area contributed by atoms with E-state index >= 15 is 0 Å². The fourth-order valence-electron chi connectivity index (χ4n) is 8.15. The minimum atomic E-state index is -1.00. The zero-order chi connectivity index (χ0) is 35.2. The van der Waals surface area contributed by atoms with E-state index < -0.39 is 18.1 Å². The van der Waals surface area contributed by atoms with Crippen LogP contribution in [0.2, 0.25) is 0 Å². The minimum absolute atomic E-state index is 0.000615. The highest BCUT2D eigenvalue weighted by Crippen LogP contribution is 2.33. The molecule has 2 aromatic carbocycles. The van der Waals surface area contributed by atoms with Gasteiger partial charge in [0.25, 0.3) is 11.8 Å². The second kappa shape index (κ2) is 16.2. The van der Waals surface area contributed by atoms with Crippen LogP contribution in [-0.4, -0.2) is 126 Å². The number of para-hydroxylation sites is 1. The Morgan fingerprint density at radius 2 is 1.56 bits per heavy atom. The number of hydrogen-bond acceptors (Lipinski definition) is 8. The first-order valence-corrected chi connectivity index (χ1v) is 18.0. The first-order chi connectivity index (χ1) is 24.2. The number of hydroxylamine groups is 1. The van der Waals surface area contributed by atoms with E-state index in [4.69, 9.17) is 9.94 Å². The van der Waals surface area contributed by atoms with Gasteiger partial charge in [-0.05, 0) is 98.6 Å². The van der Waals surface area contributed by atoms with E-state index in [0.717, 1.165) is 62.0 Å². The third kappa shape index (κ3) is 8.52. The van der Waals surface area contributed by atoms with Crippen LogP contribution in [0.5, 0.6) is 5.75 Å². The smallest absolute Gasteiger partial charge is 0.410 e. The molecule has 268 valence electrons. The van der Waals surface area contributed by atoms with Crippen LogP contribution in [0.25, 0.3) is 0 Å². The number of fused-ring (bicyclic) bond motifs is 1. The Hall–Kier alpha value is -4.30. The molecule has 4 aliphatic rings. The number of phenols is 1. The molecule has 3 saturated heterocycles. The van der Waals surface area contributed by atoms with Crippen LogP contribution in [0, 0.1) is 11.8 Å². The molecule has 0 aliphatic carbocycles. The quantitative estimate of drug-likeness (QED) is 0.186. The van der Waals surface area contributed by atoms with Crippen LogP contribution in [0.15, 0.2) is 42.5 Å². The lowest BCUT2D eigenvalue weighted by atomic mass is 9.78. The Morgan fingerprint density at radius 1 is 0.900 bits per heavy atom. The van der Waals surface area contributed by atoms with Crippen molar-refractivity contribution in [1.82, 2.24) is 25.1 Å². The number of nitrogens with zero attached hydrogens (tertiary/aromatic N) is 4. The average molecular weight is 689 g/mol. The number of carbonyl (C=O) groups excluding carboxylic acids is 4. The molecule has 0 spiro atoms. The molecule has 0 saturated carbocycles. The summed E-state index contributed by atoms with van der Waals surface area (Å²) in [4.78, 5) is 59.6. The molecule has 1 atom stereocenters. The SMILES string of the molecule is Bc1cc(C[C@@H](OC(=O)N2CCC(N3CCc4ccccc4NC3=O)CC2)C(=O)N2CCC(C3CCN(CC(=O)NO)CC3)CC2)ccc1O. The monoisotopic (exact) mass is 688 g/mol. The van der Waals surface area contributed by atoms with Crippen molar-refractivity contribution < 1.29 is 34.2 Å². The van der Waals surface area contributed by atoms with Crippen molar-refractivity contribution in [3.8, 4) is 5.75 Å². The van der Waals surface area contributed by atoms with Crippen molar-refractivity contribution in [2.45, 2.75) is 63.5 Å². The number of phenolic OH excluding ortho intramolecular Hbond substituents is 1. The molecule has 2 aromatic rings. The standard InChI is InChI=1S/C36H49BN6O7/c37-29-21-24(5-6-31(29)44)22-32(34(46)41-16-9-26(10-17-41)25-7-14-40(15-8-25)23-33(45)39-49)50-36(48)42-18-12-28(13-19-42)43-20-11-27-3-1-2-4-30(27)38-35(43)47/h1-6,21,25-26,28,32,44,49H,7-20,22-23,37H2,(H,38,47)(H,39,45)/t32-/m1/s1. The predicted octanol–water partition coefficient (Wildman–Crippen LogP) is 1.71. The van der Waals surface area contributed by atoms with Gasteiger partial charge in [-0.25, -0.2) is 15.1 Å². The van der Waals surface area contributed by atoms with Crippen molar-refractivity contribution in [3.05, 3.63) is 53.6 Å². The normalized spacial score (nSPS) is 20.4. The number of urea groups is 1. The Bertz CT molecular complexity index is 1540. The van der Waals surface area contributed by atoms with Crippen molar-refractivity contribution in [3.63, 3.8) is 0 Å². The fourth-order valence-corrected chi connectivity index (χ4v) is 8.15. The summed E-state index contributed by atoms with van der Waals surface area (Å²) in [7, 11) is 1.80. The molecule has 5 amide bonds. The number of ether oxygens (including phenoxy) is 1. The number of aromatic hydroxyl groups is 1. The third-order valence-electron chi connectivity index (χ3n) is 11.1. The number of piperidine rings is 3. The maximum absolute atomic E-state index is 14.0. The Balaban J connectivity index is 1.04. The number of anilines is 1. The number of rotatable bonds is 8. The van der Waals surface area contributed by atoms with E-state index in [-0.39, 0.29) is 36.7 Å². The Labute approximate surface area is 294 Å². The van der Waals surface area contributed by atoms with Gasteiger partial charge in [-0.2, -0.15) is 0 Å². The van der Waals surface area contributed by atoms with Gasteiger partial charge in [0.15, 0.2) is 6.10 Å². The predicted molar refractivity (Wildman–Crippen MR) is 189 cm³/mol. The highest BCUT2D eigenvalue weighted by Gasteiger charge is 2.37. The summed E-state index contributed by atoms with van der Waals surface area (Å²) in [5.41, 5.74) is 5.15. The lowest BCUT2D eigenvalue weighted by Gasteiger charge is -2.41.